The van der Waals surface area contributed by atoms with Crippen molar-refractivity contribution < 1.29 is 19.4 Å². The summed E-state index contributed by atoms with van der Waals surface area (Å²) in [6.07, 6.45) is 9.43. The van der Waals surface area contributed by atoms with Gasteiger partial charge in [0.25, 0.3) is 0 Å². The number of hydrogen-bond acceptors (Lipinski definition) is 4. The van der Waals surface area contributed by atoms with E-state index in [1.165, 1.54) is 19.3 Å². The third-order valence-electron chi connectivity index (χ3n) is 4.65. The van der Waals surface area contributed by atoms with Crippen molar-refractivity contribution in [1.29, 1.82) is 0 Å². The Kier molecular flexibility index (Phi) is 8.21. The van der Waals surface area contributed by atoms with Crippen molar-refractivity contribution in [2.75, 3.05) is 13.2 Å². The van der Waals surface area contributed by atoms with E-state index in [-0.39, 0.29) is 37.1 Å². The number of amides is 3. The minimum Gasteiger partial charge on any atom is -0.394 e. The Balaban J connectivity index is 1.80. The molecule has 3 amide bonds. The fourth-order valence-electron chi connectivity index (χ4n) is 3.29. The zero-order chi connectivity index (χ0) is 18.1. The molecular weight excluding hydrogens is 322 g/mol. The Morgan fingerprint density at radius 3 is 2.60 bits per heavy atom. The molecule has 0 aromatic carbocycles. The summed E-state index contributed by atoms with van der Waals surface area (Å²) in [5, 5.41) is 18.1. The molecule has 3 atom stereocenters. The lowest BCUT2D eigenvalue weighted by molar-refractivity contribution is -0.126. The van der Waals surface area contributed by atoms with E-state index in [0.29, 0.717) is 6.54 Å². The Labute approximate surface area is 149 Å². The topological polar surface area (TPSA) is 99.7 Å². The molecule has 0 spiro atoms. The first-order valence-electron chi connectivity index (χ1n) is 9.40. The molecule has 0 radical (unpaired) electrons. The van der Waals surface area contributed by atoms with Crippen LogP contribution in [0.25, 0.3) is 0 Å². The van der Waals surface area contributed by atoms with Crippen LogP contribution < -0.4 is 16.0 Å². The molecule has 0 aromatic heterocycles. The first-order valence-corrected chi connectivity index (χ1v) is 9.40. The first kappa shape index (κ1) is 19.7. The molecule has 142 valence electrons. The van der Waals surface area contributed by atoms with Crippen LogP contribution in [0.1, 0.15) is 51.9 Å². The minimum atomic E-state index is -0.551. The van der Waals surface area contributed by atoms with E-state index >= 15 is 0 Å². The SMILES string of the molecule is CCCNC(=O)N[C@H]1C=C[C@H](CC(=O)NC2CCCCC2)O[C@H]1CO. The Hall–Kier alpha value is -1.60. The van der Waals surface area contributed by atoms with E-state index in [4.69, 9.17) is 4.74 Å². The smallest absolute Gasteiger partial charge is 0.315 e. The Morgan fingerprint density at radius 1 is 1.16 bits per heavy atom. The fourth-order valence-corrected chi connectivity index (χ4v) is 3.29. The van der Waals surface area contributed by atoms with Gasteiger partial charge < -0.3 is 25.8 Å². The van der Waals surface area contributed by atoms with Crippen LogP contribution in [-0.2, 0) is 9.53 Å². The average molecular weight is 353 g/mol. The van der Waals surface area contributed by atoms with Crippen LogP contribution in [0, 0.1) is 0 Å². The lowest BCUT2D eigenvalue weighted by Gasteiger charge is -2.32. The number of carbonyl (C=O) groups excluding carboxylic acids is 2. The maximum atomic E-state index is 12.2. The molecule has 0 bridgehead atoms. The molecule has 1 heterocycles. The zero-order valence-corrected chi connectivity index (χ0v) is 15.0. The average Bonchev–Trinajstić information content (AvgIpc) is 2.62. The summed E-state index contributed by atoms with van der Waals surface area (Å²) < 4.78 is 5.77. The van der Waals surface area contributed by atoms with Gasteiger partial charge in [-0.2, -0.15) is 0 Å². The summed E-state index contributed by atoms with van der Waals surface area (Å²) in [6, 6.07) is -0.411. The standard InChI is InChI=1S/C18H31N3O4/c1-2-10-19-18(24)21-15-9-8-14(25-16(15)12-22)11-17(23)20-13-6-4-3-5-7-13/h8-9,13-16,22H,2-7,10-12H2,1H3,(H,20,23)(H2,19,21,24)/t14-,15+,16+/m1/s1. The summed E-state index contributed by atoms with van der Waals surface area (Å²) in [7, 11) is 0. The molecule has 7 heteroatoms. The van der Waals surface area contributed by atoms with Crippen LogP contribution in [-0.4, -0.2) is 54.5 Å². The summed E-state index contributed by atoms with van der Waals surface area (Å²) in [6.45, 7) is 2.35. The quantitative estimate of drug-likeness (QED) is 0.517. The minimum absolute atomic E-state index is 0.0228. The highest BCUT2D eigenvalue weighted by Gasteiger charge is 2.29. The van der Waals surface area contributed by atoms with Crippen LogP contribution in [0.5, 0.6) is 0 Å². The van der Waals surface area contributed by atoms with Gasteiger partial charge in [0.1, 0.15) is 6.10 Å². The molecule has 1 saturated carbocycles. The van der Waals surface area contributed by atoms with Gasteiger partial charge in [-0.15, -0.1) is 0 Å². The number of hydrogen-bond donors (Lipinski definition) is 4. The normalized spacial score (nSPS) is 26.9. The Morgan fingerprint density at radius 2 is 1.92 bits per heavy atom. The fraction of sp³-hybridized carbons (Fsp3) is 0.778. The van der Waals surface area contributed by atoms with Gasteiger partial charge in [0.2, 0.25) is 5.91 Å². The molecule has 2 rings (SSSR count). The van der Waals surface area contributed by atoms with Gasteiger partial charge in [-0.1, -0.05) is 38.3 Å². The number of urea groups is 1. The van der Waals surface area contributed by atoms with Crippen molar-refractivity contribution in [2.45, 2.75) is 76.2 Å². The van der Waals surface area contributed by atoms with E-state index in [1.807, 2.05) is 6.92 Å². The monoisotopic (exact) mass is 353 g/mol. The van der Waals surface area contributed by atoms with Gasteiger partial charge in [0.05, 0.1) is 25.2 Å². The highest BCUT2D eigenvalue weighted by molar-refractivity contribution is 5.77. The summed E-state index contributed by atoms with van der Waals surface area (Å²) in [5.41, 5.74) is 0. The lowest BCUT2D eigenvalue weighted by Crippen LogP contribution is -2.51. The van der Waals surface area contributed by atoms with Crippen molar-refractivity contribution in [1.82, 2.24) is 16.0 Å². The van der Waals surface area contributed by atoms with Crippen molar-refractivity contribution >= 4 is 11.9 Å². The van der Waals surface area contributed by atoms with Gasteiger partial charge in [0, 0.05) is 12.6 Å². The lowest BCUT2D eigenvalue weighted by atomic mass is 9.95. The molecule has 2 aliphatic rings. The molecule has 1 fully saturated rings. The van der Waals surface area contributed by atoms with Crippen molar-refractivity contribution in [3.8, 4) is 0 Å². The number of carbonyl (C=O) groups is 2. The molecule has 0 saturated heterocycles. The number of nitrogens with one attached hydrogen (secondary N) is 3. The van der Waals surface area contributed by atoms with Gasteiger partial charge in [-0.05, 0) is 19.3 Å². The highest BCUT2D eigenvalue weighted by Crippen LogP contribution is 2.19. The van der Waals surface area contributed by atoms with E-state index in [9.17, 15) is 14.7 Å². The van der Waals surface area contributed by atoms with E-state index in [2.05, 4.69) is 16.0 Å². The second-order valence-electron chi connectivity index (χ2n) is 6.81. The van der Waals surface area contributed by atoms with Gasteiger partial charge in [-0.3, -0.25) is 4.79 Å². The van der Waals surface area contributed by atoms with Crippen LogP contribution in [0.2, 0.25) is 0 Å². The molecule has 1 aliphatic heterocycles. The van der Waals surface area contributed by atoms with E-state index in [0.717, 1.165) is 19.3 Å². The van der Waals surface area contributed by atoms with Crippen LogP contribution in [0.4, 0.5) is 4.79 Å². The highest BCUT2D eigenvalue weighted by atomic mass is 16.5. The largest absolute Gasteiger partial charge is 0.394 e. The van der Waals surface area contributed by atoms with Crippen molar-refractivity contribution in [2.24, 2.45) is 0 Å². The van der Waals surface area contributed by atoms with Gasteiger partial charge in [0.15, 0.2) is 0 Å². The molecule has 4 N–H and O–H groups in total. The molecule has 0 aromatic rings. The third kappa shape index (κ3) is 6.66. The molecular formula is C18H31N3O4. The summed E-state index contributed by atoms with van der Waals surface area (Å²) in [5.74, 6) is -0.0228. The summed E-state index contributed by atoms with van der Waals surface area (Å²) >= 11 is 0. The zero-order valence-electron chi connectivity index (χ0n) is 15.0. The van der Waals surface area contributed by atoms with Gasteiger partial charge >= 0.3 is 6.03 Å². The van der Waals surface area contributed by atoms with Crippen molar-refractivity contribution in [3.63, 3.8) is 0 Å². The van der Waals surface area contributed by atoms with Crippen LogP contribution in [0.15, 0.2) is 12.2 Å². The molecule has 1 aliphatic carbocycles. The van der Waals surface area contributed by atoms with E-state index < -0.39 is 12.1 Å². The van der Waals surface area contributed by atoms with E-state index in [1.54, 1.807) is 12.2 Å². The van der Waals surface area contributed by atoms with Gasteiger partial charge in [-0.25, -0.2) is 4.79 Å². The second-order valence-corrected chi connectivity index (χ2v) is 6.81. The number of ether oxygens (including phenoxy) is 1. The predicted octanol–water partition coefficient (Wildman–Crippen LogP) is 1.22. The molecule has 7 nitrogen and oxygen atoms in total. The molecule has 0 unspecified atom stereocenters. The van der Waals surface area contributed by atoms with Crippen LogP contribution >= 0.6 is 0 Å². The maximum absolute atomic E-state index is 12.2. The first-order chi connectivity index (χ1) is 12.1. The third-order valence-corrected chi connectivity index (χ3v) is 4.65. The predicted molar refractivity (Wildman–Crippen MR) is 95.1 cm³/mol. The second kappa shape index (κ2) is 10.4. The number of aliphatic hydroxyl groups is 1. The van der Waals surface area contributed by atoms with Crippen LogP contribution in [0.3, 0.4) is 0 Å². The number of rotatable bonds is 7. The number of aliphatic hydroxyl groups excluding tert-OH is 1. The molecule has 25 heavy (non-hydrogen) atoms. The Bertz CT molecular complexity index is 463. The maximum Gasteiger partial charge on any atom is 0.315 e. The summed E-state index contributed by atoms with van der Waals surface area (Å²) in [4.78, 5) is 23.9. The van der Waals surface area contributed by atoms with Crippen molar-refractivity contribution in [3.05, 3.63) is 12.2 Å².